The first kappa shape index (κ1) is 15.4. The van der Waals surface area contributed by atoms with Gasteiger partial charge < -0.3 is 14.5 Å². The SMILES string of the molecule is CCc1ccccc1O[C@H](C)C(=O)N1CCN(C=O)CC1. The van der Waals surface area contributed by atoms with Gasteiger partial charge in [-0.05, 0) is 25.0 Å². The molecule has 0 radical (unpaired) electrons. The van der Waals surface area contributed by atoms with Crippen LogP contribution in [0.3, 0.4) is 0 Å². The van der Waals surface area contributed by atoms with E-state index in [-0.39, 0.29) is 5.91 Å². The van der Waals surface area contributed by atoms with Crippen molar-refractivity contribution in [2.75, 3.05) is 26.2 Å². The minimum Gasteiger partial charge on any atom is -0.481 e. The minimum absolute atomic E-state index is 0.0218. The second-order valence-corrected chi connectivity index (χ2v) is 5.19. The molecule has 5 heteroatoms. The maximum Gasteiger partial charge on any atom is 0.263 e. The van der Waals surface area contributed by atoms with Crippen molar-refractivity contribution >= 4 is 12.3 Å². The van der Waals surface area contributed by atoms with Gasteiger partial charge in [0.15, 0.2) is 6.10 Å². The molecule has 1 atom stereocenters. The second kappa shape index (κ2) is 7.11. The summed E-state index contributed by atoms with van der Waals surface area (Å²) in [5.41, 5.74) is 1.10. The van der Waals surface area contributed by atoms with Gasteiger partial charge in [0.2, 0.25) is 6.41 Å². The number of nitrogens with zero attached hydrogens (tertiary/aromatic N) is 2. The first-order chi connectivity index (χ1) is 10.2. The van der Waals surface area contributed by atoms with Gasteiger partial charge in [0, 0.05) is 26.2 Å². The molecule has 0 bridgehead atoms. The van der Waals surface area contributed by atoms with Gasteiger partial charge in [-0.2, -0.15) is 0 Å². The summed E-state index contributed by atoms with van der Waals surface area (Å²) < 4.78 is 5.83. The number of benzene rings is 1. The van der Waals surface area contributed by atoms with Crippen molar-refractivity contribution in [1.29, 1.82) is 0 Å². The summed E-state index contributed by atoms with van der Waals surface area (Å²) in [6, 6.07) is 7.79. The number of ether oxygens (including phenoxy) is 1. The van der Waals surface area contributed by atoms with Gasteiger partial charge in [0.1, 0.15) is 5.75 Å². The summed E-state index contributed by atoms with van der Waals surface area (Å²) in [5, 5.41) is 0. The zero-order valence-corrected chi connectivity index (χ0v) is 12.6. The van der Waals surface area contributed by atoms with E-state index in [0.717, 1.165) is 24.1 Å². The Morgan fingerprint density at radius 1 is 1.29 bits per heavy atom. The number of carbonyl (C=O) groups excluding carboxylic acids is 2. The number of amides is 2. The van der Waals surface area contributed by atoms with Crippen molar-refractivity contribution < 1.29 is 14.3 Å². The van der Waals surface area contributed by atoms with Crippen molar-refractivity contribution in [3.63, 3.8) is 0 Å². The molecule has 0 unspecified atom stereocenters. The zero-order valence-electron chi connectivity index (χ0n) is 12.6. The number of piperazine rings is 1. The third-order valence-electron chi connectivity index (χ3n) is 3.78. The molecule has 1 aromatic rings. The third-order valence-corrected chi connectivity index (χ3v) is 3.78. The molecule has 0 N–H and O–H groups in total. The maximum atomic E-state index is 12.4. The molecule has 1 aliphatic rings. The monoisotopic (exact) mass is 290 g/mol. The quantitative estimate of drug-likeness (QED) is 0.768. The fraction of sp³-hybridized carbons (Fsp3) is 0.500. The van der Waals surface area contributed by atoms with Crippen LogP contribution in [0, 0.1) is 0 Å². The molecule has 1 fully saturated rings. The highest BCUT2D eigenvalue weighted by atomic mass is 16.5. The Hall–Kier alpha value is -2.04. The summed E-state index contributed by atoms with van der Waals surface area (Å²) in [6.45, 7) is 6.16. The standard InChI is InChI=1S/C16H22N2O3/c1-3-14-6-4-5-7-15(14)21-13(2)16(20)18-10-8-17(12-19)9-11-18/h4-7,12-13H,3,8-11H2,1-2H3/t13-/m1/s1. The van der Waals surface area contributed by atoms with Gasteiger partial charge in [0.25, 0.3) is 5.91 Å². The third kappa shape index (κ3) is 3.74. The molecular formula is C16H22N2O3. The normalized spacial score (nSPS) is 16.5. The molecular weight excluding hydrogens is 268 g/mol. The molecule has 0 aliphatic carbocycles. The summed E-state index contributed by atoms with van der Waals surface area (Å²) in [7, 11) is 0. The Balaban J connectivity index is 1.95. The molecule has 1 saturated heterocycles. The molecule has 2 rings (SSSR count). The van der Waals surface area contributed by atoms with Crippen LogP contribution in [0.4, 0.5) is 0 Å². The van der Waals surface area contributed by atoms with Gasteiger partial charge in [-0.25, -0.2) is 0 Å². The van der Waals surface area contributed by atoms with Crippen molar-refractivity contribution in [1.82, 2.24) is 9.80 Å². The van der Waals surface area contributed by atoms with E-state index in [2.05, 4.69) is 6.92 Å². The first-order valence-corrected chi connectivity index (χ1v) is 7.38. The van der Waals surface area contributed by atoms with E-state index in [1.807, 2.05) is 24.3 Å². The van der Waals surface area contributed by atoms with E-state index in [0.29, 0.717) is 26.2 Å². The molecule has 1 heterocycles. The van der Waals surface area contributed by atoms with Gasteiger partial charge in [-0.15, -0.1) is 0 Å². The van der Waals surface area contributed by atoms with Crippen LogP contribution in [-0.2, 0) is 16.0 Å². The highest BCUT2D eigenvalue weighted by molar-refractivity contribution is 5.81. The van der Waals surface area contributed by atoms with Crippen molar-refractivity contribution in [3.05, 3.63) is 29.8 Å². The lowest BCUT2D eigenvalue weighted by molar-refractivity contribution is -0.141. The van der Waals surface area contributed by atoms with Crippen molar-refractivity contribution in [3.8, 4) is 5.75 Å². The molecule has 0 saturated carbocycles. The largest absolute Gasteiger partial charge is 0.481 e. The van der Waals surface area contributed by atoms with Crippen LogP contribution in [-0.4, -0.2) is 54.4 Å². The van der Waals surface area contributed by atoms with Crippen LogP contribution >= 0.6 is 0 Å². The van der Waals surface area contributed by atoms with Crippen LogP contribution in [0.5, 0.6) is 5.75 Å². The number of aryl methyl sites for hydroxylation is 1. The predicted molar refractivity (Wildman–Crippen MR) is 80.1 cm³/mol. The van der Waals surface area contributed by atoms with E-state index in [4.69, 9.17) is 4.74 Å². The number of para-hydroxylation sites is 1. The number of carbonyl (C=O) groups is 2. The molecule has 0 spiro atoms. The number of rotatable bonds is 5. The Labute approximate surface area is 125 Å². The summed E-state index contributed by atoms with van der Waals surface area (Å²) in [4.78, 5) is 26.5. The predicted octanol–water partition coefficient (Wildman–Crippen LogP) is 1.32. The van der Waals surface area contributed by atoms with Crippen LogP contribution < -0.4 is 4.74 Å². The Kier molecular flexibility index (Phi) is 5.20. The topological polar surface area (TPSA) is 49.9 Å². The Morgan fingerprint density at radius 2 is 1.95 bits per heavy atom. The fourth-order valence-corrected chi connectivity index (χ4v) is 2.46. The highest BCUT2D eigenvalue weighted by Gasteiger charge is 2.25. The van der Waals surface area contributed by atoms with E-state index >= 15 is 0 Å². The lowest BCUT2D eigenvalue weighted by Gasteiger charge is -2.34. The molecule has 1 aromatic carbocycles. The minimum atomic E-state index is -0.513. The Bertz CT molecular complexity index is 496. The van der Waals surface area contributed by atoms with Gasteiger partial charge in [-0.3, -0.25) is 9.59 Å². The lowest BCUT2D eigenvalue weighted by atomic mass is 10.1. The number of hydrogen-bond acceptors (Lipinski definition) is 3. The van der Waals surface area contributed by atoms with Gasteiger partial charge in [0.05, 0.1) is 0 Å². The van der Waals surface area contributed by atoms with E-state index in [1.165, 1.54) is 0 Å². The summed E-state index contributed by atoms with van der Waals surface area (Å²) in [6.07, 6.45) is 1.19. The van der Waals surface area contributed by atoms with Crippen LogP contribution in [0.2, 0.25) is 0 Å². The average molecular weight is 290 g/mol. The van der Waals surface area contributed by atoms with Crippen LogP contribution in [0.1, 0.15) is 19.4 Å². The lowest BCUT2D eigenvalue weighted by Crippen LogP contribution is -2.51. The first-order valence-electron chi connectivity index (χ1n) is 7.38. The van der Waals surface area contributed by atoms with Crippen LogP contribution in [0.15, 0.2) is 24.3 Å². The summed E-state index contributed by atoms with van der Waals surface area (Å²) in [5.74, 6) is 0.749. The van der Waals surface area contributed by atoms with E-state index < -0.39 is 6.10 Å². The summed E-state index contributed by atoms with van der Waals surface area (Å²) >= 11 is 0. The van der Waals surface area contributed by atoms with Crippen molar-refractivity contribution in [2.45, 2.75) is 26.4 Å². The molecule has 21 heavy (non-hydrogen) atoms. The average Bonchev–Trinajstić information content (AvgIpc) is 2.54. The van der Waals surface area contributed by atoms with E-state index in [1.54, 1.807) is 16.7 Å². The van der Waals surface area contributed by atoms with E-state index in [9.17, 15) is 9.59 Å². The van der Waals surface area contributed by atoms with Crippen LogP contribution in [0.25, 0.3) is 0 Å². The second-order valence-electron chi connectivity index (χ2n) is 5.19. The Morgan fingerprint density at radius 3 is 2.57 bits per heavy atom. The fourth-order valence-electron chi connectivity index (χ4n) is 2.46. The zero-order chi connectivity index (χ0) is 15.2. The highest BCUT2D eigenvalue weighted by Crippen LogP contribution is 2.20. The van der Waals surface area contributed by atoms with Gasteiger partial charge in [-0.1, -0.05) is 25.1 Å². The smallest absolute Gasteiger partial charge is 0.263 e. The maximum absolute atomic E-state index is 12.4. The molecule has 5 nitrogen and oxygen atoms in total. The molecule has 114 valence electrons. The number of hydrogen-bond donors (Lipinski definition) is 0. The molecule has 1 aliphatic heterocycles. The van der Waals surface area contributed by atoms with Gasteiger partial charge >= 0.3 is 0 Å². The molecule has 0 aromatic heterocycles. The molecule has 2 amide bonds. The van der Waals surface area contributed by atoms with Crippen molar-refractivity contribution in [2.24, 2.45) is 0 Å².